The second-order valence-electron chi connectivity index (χ2n) is 9.51. The molecule has 6 rings (SSSR count). The van der Waals surface area contributed by atoms with Crippen LogP contribution in [0, 0.1) is 29.6 Å². The lowest BCUT2D eigenvalue weighted by atomic mass is 9.85. The minimum Gasteiger partial charge on any atom is -0.495 e. The Bertz CT molecular complexity index is 1260. The molecule has 35 heavy (non-hydrogen) atoms. The van der Waals surface area contributed by atoms with Gasteiger partial charge in [-0.25, -0.2) is 4.90 Å². The highest BCUT2D eigenvalue weighted by Crippen LogP contribution is 2.53. The monoisotopic (exact) mass is 472 g/mol. The predicted octanol–water partition coefficient (Wildman–Crippen LogP) is 2.97. The van der Waals surface area contributed by atoms with Crippen LogP contribution in [-0.2, 0) is 19.2 Å². The topological polar surface area (TPSA) is 93.2 Å². The average molecular weight is 472 g/mol. The Hall–Kier alpha value is -3.94. The number of ether oxygens (including phenoxy) is 2. The van der Waals surface area contributed by atoms with Gasteiger partial charge in [-0.15, -0.1) is 0 Å². The number of hydrogen-bond acceptors (Lipinski definition) is 6. The molecule has 0 aromatic heterocycles. The standard InChI is InChI=1S/C27H24N2O6/c1-34-21-8-3-2-7-20(21)28-14-17(12-22(28)30)27(33)35-19-6-4-5-18(13-19)29-25(31)23-15-9-10-16(11-15)24(23)26(29)32/h2-10,13,15-17,23-24H,11-12,14H2,1H3/t15-,16-,17-,23-,24+/m0/s1. The summed E-state index contributed by atoms with van der Waals surface area (Å²) < 4.78 is 10.9. The molecular weight excluding hydrogens is 448 g/mol. The average Bonchev–Trinajstić information content (AvgIpc) is 3.62. The van der Waals surface area contributed by atoms with E-state index in [-0.39, 0.29) is 60.1 Å². The van der Waals surface area contributed by atoms with Crippen LogP contribution in [0.1, 0.15) is 12.8 Å². The van der Waals surface area contributed by atoms with E-state index in [0.717, 1.165) is 6.42 Å². The van der Waals surface area contributed by atoms with E-state index < -0.39 is 11.9 Å². The number of methoxy groups -OCH3 is 1. The van der Waals surface area contributed by atoms with Gasteiger partial charge in [0.05, 0.1) is 36.2 Å². The molecule has 0 N–H and O–H groups in total. The Labute approximate surface area is 202 Å². The van der Waals surface area contributed by atoms with E-state index in [2.05, 4.69) is 12.2 Å². The van der Waals surface area contributed by atoms with E-state index >= 15 is 0 Å². The van der Waals surface area contributed by atoms with Crippen LogP contribution in [-0.4, -0.2) is 37.3 Å². The zero-order chi connectivity index (χ0) is 24.3. The molecule has 2 bridgehead atoms. The third-order valence-corrected chi connectivity index (χ3v) is 7.60. The summed E-state index contributed by atoms with van der Waals surface area (Å²) in [5.41, 5.74) is 1.01. The van der Waals surface area contributed by atoms with Crippen molar-refractivity contribution in [2.75, 3.05) is 23.5 Å². The molecule has 2 aliphatic carbocycles. The Morgan fingerprint density at radius 1 is 0.943 bits per heavy atom. The zero-order valence-corrected chi connectivity index (χ0v) is 19.1. The number of nitrogens with zero attached hydrogens (tertiary/aromatic N) is 2. The van der Waals surface area contributed by atoms with Crippen molar-refractivity contribution in [1.82, 2.24) is 0 Å². The molecule has 2 saturated heterocycles. The molecule has 0 spiro atoms. The second kappa shape index (κ2) is 8.08. The lowest BCUT2D eigenvalue weighted by Gasteiger charge is -2.19. The van der Waals surface area contributed by atoms with Crippen LogP contribution in [0.5, 0.6) is 11.5 Å². The number of fused-ring (bicyclic) bond motifs is 5. The smallest absolute Gasteiger partial charge is 0.316 e. The summed E-state index contributed by atoms with van der Waals surface area (Å²) in [6, 6.07) is 13.6. The van der Waals surface area contributed by atoms with Gasteiger partial charge in [-0.3, -0.25) is 19.2 Å². The van der Waals surface area contributed by atoms with Gasteiger partial charge in [-0.1, -0.05) is 30.4 Å². The van der Waals surface area contributed by atoms with Crippen molar-refractivity contribution in [3.8, 4) is 11.5 Å². The fraction of sp³-hybridized carbons (Fsp3) is 0.333. The Morgan fingerprint density at radius 3 is 2.37 bits per heavy atom. The van der Waals surface area contributed by atoms with Crippen molar-refractivity contribution >= 4 is 35.1 Å². The van der Waals surface area contributed by atoms with Crippen molar-refractivity contribution in [3.63, 3.8) is 0 Å². The van der Waals surface area contributed by atoms with Gasteiger partial charge in [-0.2, -0.15) is 0 Å². The molecule has 0 unspecified atom stereocenters. The van der Waals surface area contributed by atoms with Crippen LogP contribution in [0.4, 0.5) is 11.4 Å². The highest BCUT2D eigenvalue weighted by Gasteiger charge is 2.59. The minimum atomic E-state index is -0.646. The molecule has 0 radical (unpaired) electrons. The highest BCUT2D eigenvalue weighted by molar-refractivity contribution is 6.22. The van der Waals surface area contributed by atoms with E-state index in [0.29, 0.717) is 17.1 Å². The summed E-state index contributed by atoms with van der Waals surface area (Å²) in [4.78, 5) is 54.5. The molecule has 2 aromatic carbocycles. The number of rotatable bonds is 5. The highest BCUT2D eigenvalue weighted by atomic mass is 16.5. The maximum atomic E-state index is 13.1. The molecule has 3 amide bonds. The maximum Gasteiger partial charge on any atom is 0.316 e. The first-order chi connectivity index (χ1) is 17.0. The fourth-order valence-electron chi connectivity index (χ4n) is 5.99. The van der Waals surface area contributed by atoms with Gasteiger partial charge in [0, 0.05) is 19.0 Å². The van der Waals surface area contributed by atoms with E-state index in [1.807, 2.05) is 6.07 Å². The number of benzene rings is 2. The van der Waals surface area contributed by atoms with Crippen LogP contribution in [0.15, 0.2) is 60.7 Å². The van der Waals surface area contributed by atoms with Gasteiger partial charge in [0.1, 0.15) is 11.5 Å². The first kappa shape index (κ1) is 21.6. The molecule has 3 fully saturated rings. The van der Waals surface area contributed by atoms with Gasteiger partial charge in [0.15, 0.2) is 0 Å². The maximum absolute atomic E-state index is 13.1. The van der Waals surface area contributed by atoms with E-state index in [1.165, 1.54) is 16.9 Å². The molecular formula is C27H24N2O6. The van der Waals surface area contributed by atoms with Crippen LogP contribution in [0.3, 0.4) is 0 Å². The summed E-state index contributed by atoms with van der Waals surface area (Å²) in [6.45, 7) is 0.181. The van der Waals surface area contributed by atoms with Crippen molar-refractivity contribution in [3.05, 3.63) is 60.7 Å². The quantitative estimate of drug-likeness (QED) is 0.288. The summed E-state index contributed by atoms with van der Waals surface area (Å²) in [7, 11) is 1.53. The van der Waals surface area contributed by atoms with Gasteiger partial charge in [0.2, 0.25) is 17.7 Å². The third-order valence-electron chi connectivity index (χ3n) is 7.60. The van der Waals surface area contributed by atoms with Crippen LogP contribution in [0.25, 0.3) is 0 Å². The minimum absolute atomic E-state index is 0.0266. The summed E-state index contributed by atoms with van der Waals surface area (Å²) >= 11 is 0. The number of esters is 1. The number of amides is 3. The van der Waals surface area contributed by atoms with E-state index in [1.54, 1.807) is 42.5 Å². The molecule has 2 aromatic rings. The van der Waals surface area contributed by atoms with Crippen LogP contribution in [0.2, 0.25) is 0 Å². The van der Waals surface area contributed by atoms with Gasteiger partial charge >= 0.3 is 5.97 Å². The number of carbonyl (C=O) groups is 4. The number of hydrogen-bond donors (Lipinski definition) is 0. The normalized spacial score (nSPS) is 28.7. The number of anilines is 2. The van der Waals surface area contributed by atoms with Crippen LogP contribution >= 0.6 is 0 Å². The Balaban J connectivity index is 1.17. The lowest BCUT2D eigenvalue weighted by molar-refractivity contribution is -0.139. The van der Waals surface area contributed by atoms with Crippen molar-refractivity contribution < 1.29 is 28.7 Å². The molecule has 4 aliphatic rings. The van der Waals surface area contributed by atoms with Gasteiger partial charge in [0.25, 0.3) is 0 Å². The zero-order valence-electron chi connectivity index (χ0n) is 19.1. The fourth-order valence-corrected chi connectivity index (χ4v) is 5.99. The third kappa shape index (κ3) is 3.35. The molecule has 1 saturated carbocycles. The molecule has 5 atom stereocenters. The summed E-state index contributed by atoms with van der Waals surface area (Å²) in [5, 5.41) is 0. The van der Waals surface area contributed by atoms with E-state index in [4.69, 9.17) is 9.47 Å². The van der Waals surface area contributed by atoms with E-state index in [9.17, 15) is 19.2 Å². The van der Waals surface area contributed by atoms with Crippen LogP contribution < -0.4 is 19.3 Å². The van der Waals surface area contributed by atoms with Crippen molar-refractivity contribution in [2.24, 2.45) is 29.6 Å². The second-order valence-corrected chi connectivity index (χ2v) is 9.51. The first-order valence-corrected chi connectivity index (χ1v) is 11.8. The Kier molecular flexibility index (Phi) is 4.98. The largest absolute Gasteiger partial charge is 0.495 e. The molecule has 8 heteroatoms. The first-order valence-electron chi connectivity index (χ1n) is 11.8. The number of allylic oxidation sites excluding steroid dienone is 2. The molecule has 178 valence electrons. The van der Waals surface area contributed by atoms with Crippen molar-refractivity contribution in [2.45, 2.75) is 12.8 Å². The summed E-state index contributed by atoms with van der Waals surface area (Å²) in [5.74, 6) is -1.30. The number of para-hydroxylation sites is 2. The predicted molar refractivity (Wildman–Crippen MR) is 126 cm³/mol. The molecule has 8 nitrogen and oxygen atoms in total. The SMILES string of the molecule is COc1ccccc1N1C[C@@H](C(=O)Oc2cccc(N3C(=O)[C@@H]4[C@H](C3=O)[C@H]3C=C[C@H]4C3)c2)CC1=O. The van der Waals surface area contributed by atoms with Crippen molar-refractivity contribution in [1.29, 1.82) is 0 Å². The van der Waals surface area contributed by atoms with Gasteiger partial charge in [-0.05, 0) is 42.5 Å². The summed E-state index contributed by atoms with van der Waals surface area (Å²) in [6.07, 6.45) is 4.99. The lowest BCUT2D eigenvalue weighted by Crippen LogP contribution is -2.32. The molecule has 2 aliphatic heterocycles. The number of carbonyl (C=O) groups excluding carboxylic acids is 4. The number of imide groups is 1. The Morgan fingerprint density at radius 2 is 1.66 bits per heavy atom. The van der Waals surface area contributed by atoms with Gasteiger partial charge < -0.3 is 14.4 Å². The molecule has 2 heterocycles.